The van der Waals surface area contributed by atoms with Gasteiger partial charge in [0.2, 0.25) is 0 Å². The first kappa shape index (κ1) is 14.3. The first-order valence-electron chi connectivity index (χ1n) is 7.42. The van der Waals surface area contributed by atoms with Gasteiger partial charge in [0.05, 0.1) is 10.6 Å². The molecule has 0 saturated carbocycles. The molecule has 0 bridgehead atoms. The predicted octanol–water partition coefficient (Wildman–Crippen LogP) is 3.26. The maximum absolute atomic E-state index is 12.3. The van der Waals surface area contributed by atoms with Gasteiger partial charge in [-0.15, -0.1) is 11.3 Å². The molecule has 1 N–H and O–H groups in total. The molecule has 0 fully saturated rings. The second-order valence-corrected chi connectivity index (χ2v) is 7.12. The molecule has 1 aliphatic rings. The maximum Gasteiger partial charge on any atom is 0.256 e. The van der Waals surface area contributed by atoms with Gasteiger partial charge in [-0.1, -0.05) is 6.92 Å². The van der Waals surface area contributed by atoms with E-state index in [0.29, 0.717) is 5.56 Å². The molecule has 1 unspecified atom stereocenters. The Hall–Kier alpha value is -1.68. The van der Waals surface area contributed by atoms with E-state index in [1.807, 2.05) is 36.1 Å². The fraction of sp³-hybridized carbons (Fsp3) is 0.412. The summed E-state index contributed by atoms with van der Waals surface area (Å²) >= 11 is 1.75. The molecule has 2 heterocycles. The number of carbonyl (C=O) groups is 1. The van der Waals surface area contributed by atoms with E-state index in [1.165, 1.54) is 22.4 Å². The number of aryl methyl sites for hydroxylation is 1. The Morgan fingerprint density at radius 1 is 1.38 bits per heavy atom. The highest BCUT2D eigenvalue weighted by molar-refractivity contribution is 7.16. The van der Waals surface area contributed by atoms with Gasteiger partial charge in [-0.3, -0.25) is 4.79 Å². The average Bonchev–Trinajstić information content (AvgIpc) is 2.75. The molecule has 0 aromatic carbocycles. The Balaban J connectivity index is 1.82. The summed E-state index contributed by atoms with van der Waals surface area (Å²) in [4.78, 5) is 13.8. The summed E-state index contributed by atoms with van der Waals surface area (Å²) in [7, 11) is 1.94. The number of anilines is 1. The Morgan fingerprint density at radius 2 is 2.10 bits per heavy atom. The lowest BCUT2D eigenvalue weighted by atomic mass is 9.89. The zero-order valence-electron chi connectivity index (χ0n) is 12.8. The third kappa shape index (κ3) is 2.86. The minimum Gasteiger partial charge on any atom is -0.313 e. The van der Waals surface area contributed by atoms with Gasteiger partial charge < -0.3 is 5.32 Å². The van der Waals surface area contributed by atoms with Crippen LogP contribution in [0.3, 0.4) is 0 Å². The van der Waals surface area contributed by atoms with Gasteiger partial charge in [0, 0.05) is 17.0 Å². The number of thiophene rings is 1. The van der Waals surface area contributed by atoms with Crippen LogP contribution >= 0.6 is 11.3 Å². The molecule has 0 spiro atoms. The number of hydrogen-bond acceptors (Lipinski definition) is 2. The maximum atomic E-state index is 12.3. The molecule has 1 atom stereocenters. The Morgan fingerprint density at radius 3 is 2.81 bits per heavy atom. The van der Waals surface area contributed by atoms with Crippen molar-refractivity contribution in [3.05, 3.63) is 46.1 Å². The molecular formula is C17H21N2OS+. The van der Waals surface area contributed by atoms with Gasteiger partial charge in [-0.2, -0.15) is 0 Å². The summed E-state index contributed by atoms with van der Waals surface area (Å²) in [6.45, 7) is 4.44. The lowest BCUT2D eigenvalue weighted by Gasteiger charge is -2.17. The summed E-state index contributed by atoms with van der Waals surface area (Å²) < 4.78 is 1.92. The molecular weight excluding hydrogens is 280 g/mol. The fourth-order valence-electron chi connectivity index (χ4n) is 2.86. The van der Waals surface area contributed by atoms with Crippen LogP contribution < -0.4 is 9.88 Å². The molecule has 1 aliphatic carbocycles. The van der Waals surface area contributed by atoms with Crippen LogP contribution in [0.1, 0.15) is 39.7 Å². The van der Waals surface area contributed by atoms with Crippen molar-refractivity contribution in [3.63, 3.8) is 0 Å². The van der Waals surface area contributed by atoms with Crippen molar-refractivity contribution in [1.29, 1.82) is 0 Å². The molecule has 1 amide bonds. The number of rotatable bonds is 2. The van der Waals surface area contributed by atoms with Crippen molar-refractivity contribution in [1.82, 2.24) is 0 Å². The van der Waals surface area contributed by atoms with Gasteiger partial charge in [0.1, 0.15) is 7.05 Å². The van der Waals surface area contributed by atoms with Gasteiger partial charge in [-0.25, -0.2) is 4.57 Å². The molecule has 4 heteroatoms. The first-order chi connectivity index (χ1) is 10.0. The van der Waals surface area contributed by atoms with Crippen LogP contribution in [0.2, 0.25) is 0 Å². The number of aromatic nitrogens is 1. The van der Waals surface area contributed by atoms with Gasteiger partial charge in [0.15, 0.2) is 12.4 Å². The molecule has 2 aromatic rings. The molecule has 3 nitrogen and oxygen atoms in total. The minimum atomic E-state index is -0.0228. The summed E-state index contributed by atoms with van der Waals surface area (Å²) in [6.07, 6.45) is 7.34. The van der Waals surface area contributed by atoms with E-state index < -0.39 is 0 Å². The number of carbonyl (C=O) groups excluding carboxylic acids is 1. The number of pyridine rings is 1. The molecule has 21 heavy (non-hydrogen) atoms. The standard InChI is InChI=1S/C17H20N2OS/c1-11-4-5-14-12(2)17(21-15(14)10-11)18-16(20)13-6-8-19(3)9-7-13/h6-9,11H,4-5,10H2,1-3H3/p+1. The second-order valence-electron chi connectivity index (χ2n) is 6.01. The Bertz CT molecular complexity index is 673. The number of fused-ring (bicyclic) bond motifs is 1. The predicted molar refractivity (Wildman–Crippen MR) is 85.8 cm³/mol. The second kappa shape index (κ2) is 5.60. The van der Waals surface area contributed by atoms with Gasteiger partial charge in [0.25, 0.3) is 5.91 Å². The van der Waals surface area contributed by atoms with Crippen LogP contribution in [-0.4, -0.2) is 5.91 Å². The number of nitrogens with zero attached hydrogens (tertiary/aromatic N) is 1. The highest BCUT2D eigenvalue weighted by Crippen LogP contribution is 2.39. The van der Waals surface area contributed by atoms with Crippen molar-refractivity contribution in [3.8, 4) is 0 Å². The van der Waals surface area contributed by atoms with E-state index in [2.05, 4.69) is 19.2 Å². The van der Waals surface area contributed by atoms with Crippen LogP contribution in [-0.2, 0) is 19.9 Å². The summed E-state index contributed by atoms with van der Waals surface area (Å²) in [5, 5.41) is 4.11. The highest BCUT2D eigenvalue weighted by Gasteiger charge is 2.22. The van der Waals surface area contributed by atoms with E-state index in [1.54, 1.807) is 11.3 Å². The van der Waals surface area contributed by atoms with E-state index in [4.69, 9.17) is 0 Å². The van der Waals surface area contributed by atoms with Crippen LogP contribution in [0.4, 0.5) is 5.00 Å². The third-order valence-electron chi connectivity index (χ3n) is 4.24. The monoisotopic (exact) mass is 301 g/mol. The SMILES string of the molecule is Cc1c(NC(=O)c2cc[n+](C)cc2)sc2c1CCC(C)C2. The van der Waals surface area contributed by atoms with Gasteiger partial charge >= 0.3 is 0 Å². The van der Waals surface area contributed by atoms with E-state index in [9.17, 15) is 4.79 Å². The van der Waals surface area contributed by atoms with Crippen molar-refractivity contribution in [2.75, 3.05) is 5.32 Å². The Labute approximate surface area is 129 Å². The number of nitrogens with one attached hydrogen (secondary N) is 1. The molecule has 3 rings (SSSR count). The zero-order chi connectivity index (χ0) is 15.0. The zero-order valence-corrected chi connectivity index (χ0v) is 13.6. The van der Waals surface area contributed by atoms with E-state index in [0.717, 1.165) is 23.8 Å². The normalized spacial score (nSPS) is 17.4. The molecule has 0 aliphatic heterocycles. The van der Waals surface area contributed by atoms with Crippen LogP contribution in [0.5, 0.6) is 0 Å². The van der Waals surface area contributed by atoms with Crippen molar-refractivity contribution in [2.24, 2.45) is 13.0 Å². The third-order valence-corrected chi connectivity index (χ3v) is 5.52. The summed E-state index contributed by atoms with van der Waals surface area (Å²) in [6, 6.07) is 3.69. The topological polar surface area (TPSA) is 33.0 Å². The minimum absolute atomic E-state index is 0.0228. The first-order valence-corrected chi connectivity index (χ1v) is 8.24. The molecule has 110 valence electrons. The van der Waals surface area contributed by atoms with Crippen molar-refractivity contribution in [2.45, 2.75) is 33.1 Å². The van der Waals surface area contributed by atoms with Crippen molar-refractivity contribution < 1.29 is 9.36 Å². The van der Waals surface area contributed by atoms with E-state index in [-0.39, 0.29) is 5.91 Å². The highest BCUT2D eigenvalue weighted by atomic mass is 32.1. The van der Waals surface area contributed by atoms with Crippen LogP contribution in [0.15, 0.2) is 24.5 Å². The number of amides is 1. The number of hydrogen-bond donors (Lipinski definition) is 1. The molecule has 0 radical (unpaired) electrons. The van der Waals surface area contributed by atoms with Crippen LogP contribution in [0, 0.1) is 12.8 Å². The largest absolute Gasteiger partial charge is 0.313 e. The smallest absolute Gasteiger partial charge is 0.256 e. The lowest BCUT2D eigenvalue weighted by molar-refractivity contribution is -0.671. The quantitative estimate of drug-likeness (QED) is 0.849. The molecule has 2 aromatic heterocycles. The Kier molecular flexibility index (Phi) is 3.81. The van der Waals surface area contributed by atoms with Crippen LogP contribution in [0.25, 0.3) is 0 Å². The van der Waals surface area contributed by atoms with Crippen molar-refractivity contribution >= 4 is 22.2 Å². The fourth-order valence-corrected chi connectivity index (χ4v) is 4.27. The lowest BCUT2D eigenvalue weighted by Crippen LogP contribution is -2.27. The summed E-state index contributed by atoms with van der Waals surface area (Å²) in [5.41, 5.74) is 3.43. The average molecular weight is 301 g/mol. The molecule has 0 saturated heterocycles. The van der Waals surface area contributed by atoms with Gasteiger partial charge in [-0.05, 0) is 43.2 Å². The summed E-state index contributed by atoms with van der Waals surface area (Å²) in [5.74, 6) is 0.735. The van der Waals surface area contributed by atoms with E-state index >= 15 is 0 Å².